The van der Waals surface area contributed by atoms with Crippen LogP contribution in [0.5, 0.6) is 11.5 Å². The number of rotatable bonds is 4. The SMILES string of the molecule is CCc1c(C=O)c(OC)c2ccccc2c1OC. The topological polar surface area (TPSA) is 35.5 Å². The zero-order valence-corrected chi connectivity index (χ0v) is 10.8. The van der Waals surface area contributed by atoms with E-state index in [4.69, 9.17) is 9.47 Å². The fraction of sp³-hybridized carbons (Fsp3) is 0.267. The summed E-state index contributed by atoms with van der Waals surface area (Å²) < 4.78 is 10.9. The Bertz CT molecular complexity index is 588. The first-order valence-corrected chi connectivity index (χ1v) is 5.89. The fourth-order valence-corrected chi connectivity index (χ4v) is 2.37. The van der Waals surface area contributed by atoms with Crippen LogP contribution in [0.3, 0.4) is 0 Å². The highest BCUT2D eigenvalue weighted by Gasteiger charge is 2.18. The van der Waals surface area contributed by atoms with Crippen molar-refractivity contribution in [3.05, 3.63) is 35.4 Å². The predicted octanol–water partition coefficient (Wildman–Crippen LogP) is 3.23. The molecule has 0 unspecified atom stereocenters. The number of benzene rings is 2. The second-order valence-corrected chi connectivity index (χ2v) is 3.98. The molecule has 0 aliphatic heterocycles. The summed E-state index contributed by atoms with van der Waals surface area (Å²) in [4.78, 5) is 11.3. The van der Waals surface area contributed by atoms with Crippen LogP contribution in [0.25, 0.3) is 10.8 Å². The molecular formula is C15H16O3. The van der Waals surface area contributed by atoms with Crippen molar-refractivity contribution in [2.75, 3.05) is 14.2 Å². The smallest absolute Gasteiger partial charge is 0.154 e. The molecule has 0 saturated carbocycles. The molecule has 0 bridgehead atoms. The summed E-state index contributed by atoms with van der Waals surface area (Å²) in [5, 5.41) is 1.87. The molecule has 2 aromatic carbocycles. The van der Waals surface area contributed by atoms with Gasteiger partial charge in [-0.2, -0.15) is 0 Å². The number of hydrogen-bond acceptors (Lipinski definition) is 3. The number of aldehydes is 1. The third-order valence-electron chi connectivity index (χ3n) is 3.14. The van der Waals surface area contributed by atoms with E-state index in [2.05, 4.69) is 0 Å². The van der Waals surface area contributed by atoms with Gasteiger partial charge < -0.3 is 9.47 Å². The number of ether oxygens (including phenoxy) is 2. The number of carbonyl (C=O) groups is 1. The lowest BCUT2D eigenvalue weighted by molar-refractivity contribution is 0.111. The van der Waals surface area contributed by atoms with Gasteiger partial charge in [-0.3, -0.25) is 4.79 Å². The monoisotopic (exact) mass is 244 g/mol. The minimum Gasteiger partial charge on any atom is -0.496 e. The number of hydrogen-bond donors (Lipinski definition) is 0. The first kappa shape index (κ1) is 12.4. The normalized spacial score (nSPS) is 10.4. The Morgan fingerprint density at radius 2 is 1.61 bits per heavy atom. The number of fused-ring (bicyclic) bond motifs is 1. The lowest BCUT2D eigenvalue weighted by atomic mass is 9.97. The highest BCUT2D eigenvalue weighted by Crippen LogP contribution is 2.40. The largest absolute Gasteiger partial charge is 0.496 e. The molecule has 0 atom stereocenters. The van der Waals surface area contributed by atoms with Gasteiger partial charge in [0.05, 0.1) is 19.8 Å². The average Bonchev–Trinajstić information content (AvgIpc) is 2.44. The van der Waals surface area contributed by atoms with E-state index in [0.29, 0.717) is 11.3 Å². The van der Waals surface area contributed by atoms with Gasteiger partial charge in [0, 0.05) is 16.3 Å². The zero-order chi connectivity index (χ0) is 13.1. The highest BCUT2D eigenvalue weighted by atomic mass is 16.5. The summed E-state index contributed by atoms with van der Waals surface area (Å²) in [6.45, 7) is 2.00. The van der Waals surface area contributed by atoms with Crippen LogP contribution >= 0.6 is 0 Å². The van der Waals surface area contributed by atoms with Crippen LogP contribution in [-0.2, 0) is 6.42 Å². The molecule has 0 amide bonds. The van der Waals surface area contributed by atoms with Gasteiger partial charge in [-0.25, -0.2) is 0 Å². The van der Waals surface area contributed by atoms with E-state index in [1.165, 1.54) is 0 Å². The van der Waals surface area contributed by atoms with Crippen molar-refractivity contribution < 1.29 is 14.3 Å². The van der Waals surface area contributed by atoms with Crippen LogP contribution in [0, 0.1) is 0 Å². The summed E-state index contributed by atoms with van der Waals surface area (Å²) in [6.07, 6.45) is 1.56. The van der Waals surface area contributed by atoms with Crippen molar-refractivity contribution >= 4 is 17.1 Å². The lowest BCUT2D eigenvalue weighted by Crippen LogP contribution is -2.01. The van der Waals surface area contributed by atoms with Gasteiger partial charge in [0.1, 0.15) is 11.5 Å². The van der Waals surface area contributed by atoms with E-state index in [1.807, 2.05) is 31.2 Å². The van der Waals surface area contributed by atoms with Gasteiger partial charge in [0.2, 0.25) is 0 Å². The molecule has 2 aromatic rings. The van der Waals surface area contributed by atoms with Crippen LogP contribution in [-0.4, -0.2) is 20.5 Å². The van der Waals surface area contributed by atoms with E-state index in [9.17, 15) is 4.79 Å². The molecule has 3 nitrogen and oxygen atoms in total. The maximum atomic E-state index is 11.3. The van der Waals surface area contributed by atoms with Crippen LogP contribution in [0.2, 0.25) is 0 Å². The molecule has 0 aromatic heterocycles. The minimum absolute atomic E-state index is 0.579. The Hall–Kier alpha value is -2.03. The predicted molar refractivity (Wildman–Crippen MR) is 71.8 cm³/mol. The molecule has 0 radical (unpaired) electrons. The number of methoxy groups -OCH3 is 2. The van der Waals surface area contributed by atoms with Crippen LogP contribution in [0.1, 0.15) is 22.8 Å². The standard InChI is InChI=1S/C15H16O3/c1-4-10-13(9-16)15(18-3)12-8-6-5-7-11(12)14(10)17-2/h5-9H,4H2,1-3H3. The lowest BCUT2D eigenvalue weighted by Gasteiger charge is -2.17. The molecule has 0 fully saturated rings. The molecule has 0 spiro atoms. The van der Waals surface area contributed by atoms with Crippen molar-refractivity contribution in [3.63, 3.8) is 0 Å². The Kier molecular flexibility index (Phi) is 3.51. The van der Waals surface area contributed by atoms with E-state index in [-0.39, 0.29) is 0 Å². The second kappa shape index (κ2) is 5.08. The van der Waals surface area contributed by atoms with Crippen LogP contribution < -0.4 is 9.47 Å². The fourth-order valence-electron chi connectivity index (χ4n) is 2.37. The molecule has 3 heteroatoms. The molecule has 0 saturated heterocycles. The van der Waals surface area contributed by atoms with Gasteiger partial charge >= 0.3 is 0 Å². The molecule has 0 N–H and O–H groups in total. The van der Waals surface area contributed by atoms with Crippen molar-refractivity contribution in [2.45, 2.75) is 13.3 Å². The van der Waals surface area contributed by atoms with Crippen molar-refractivity contribution in [2.24, 2.45) is 0 Å². The Labute approximate surface area is 106 Å². The second-order valence-electron chi connectivity index (χ2n) is 3.98. The quantitative estimate of drug-likeness (QED) is 0.774. The number of carbonyl (C=O) groups excluding carboxylic acids is 1. The Balaban J connectivity index is 2.99. The molecule has 94 valence electrons. The molecule has 18 heavy (non-hydrogen) atoms. The van der Waals surface area contributed by atoms with Crippen LogP contribution in [0.4, 0.5) is 0 Å². The van der Waals surface area contributed by atoms with Crippen molar-refractivity contribution in [3.8, 4) is 11.5 Å². The van der Waals surface area contributed by atoms with Gasteiger partial charge in [0.15, 0.2) is 6.29 Å². The van der Waals surface area contributed by atoms with Crippen LogP contribution in [0.15, 0.2) is 24.3 Å². The molecule has 0 aliphatic carbocycles. The first-order chi connectivity index (χ1) is 8.78. The third-order valence-corrected chi connectivity index (χ3v) is 3.14. The highest BCUT2D eigenvalue weighted by molar-refractivity contribution is 6.02. The molecule has 2 rings (SSSR count). The summed E-state index contributed by atoms with van der Waals surface area (Å²) in [5.41, 5.74) is 1.47. The third kappa shape index (κ3) is 1.72. The average molecular weight is 244 g/mol. The van der Waals surface area contributed by atoms with Gasteiger partial charge in [-0.1, -0.05) is 31.2 Å². The van der Waals surface area contributed by atoms with Crippen molar-refractivity contribution in [1.82, 2.24) is 0 Å². The zero-order valence-electron chi connectivity index (χ0n) is 10.8. The summed E-state index contributed by atoms with van der Waals surface area (Å²) in [7, 11) is 3.21. The van der Waals surface area contributed by atoms with E-state index in [0.717, 1.165) is 34.8 Å². The van der Waals surface area contributed by atoms with E-state index >= 15 is 0 Å². The first-order valence-electron chi connectivity index (χ1n) is 5.89. The summed E-state index contributed by atoms with van der Waals surface area (Å²) >= 11 is 0. The minimum atomic E-state index is 0.579. The summed E-state index contributed by atoms with van der Waals surface area (Å²) in [6, 6.07) is 7.78. The molecular weight excluding hydrogens is 228 g/mol. The molecule has 0 heterocycles. The Morgan fingerprint density at radius 3 is 2.06 bits per heavy atom. The van der Waals surface area contributed by atoms with Crippen molar-refractivity contribution in [1.29, 1.82) is 0 Å². The Morgan fingerprint density at radius 1 is 1.06 bits per heavy atom. The van der Waals surface area contributed by atoms with Gasteiger partial charge in [0.25, 0.3) is 0 Å². The summed E-state index contributed by atoms with van der Waals surface area (Å²) in [5.74, 6) is 1.38. The molecule has 0 aliphatic rings. The maximum absolute atomic E-state index is 11.3. The van der Waals surface area contributed by atoms with E-state index < -0.39 is 0 Å². The van der Waals surface area contributed by atoms with E-state index in [1.54, 1.807) is 14.2 Å². The maximum Gasteiger partial charge on any atom is 0.154 e. The van der Waals surface area contributed by atoms with Gasteiger partial charge in [-0.15, -0.1) is 0 Å². The van der Waals surface area contributed by atoms with Gasteiger partial charge in [-0.05, 0) is 6.42 Å².